The van der Waals surface area contributed by atoms with Crippen LogP contribution in [0, 0.1) is 21.4 Å². The van der Waals surface area contributed by atoms with Gasteiger partial charge in [-0.2, -0.15) is 5.26 Å². The maximum absolute atomic E-state index is 12.4. The van der Waals surface area contributed by atoms with Gasteiger partial charge in [0.15, 0.2) is 5.76 Å². The van der Waals surface area contributed by atoms with Crippen LogP contribution in [0.2, 0.25) is 0 Å². The van der Waals surface area contributed by atoms with Gasteiger partial charge in [-0.3, -0.25) is 14.9 Å². The molecule has 0 saturated heterocycles. The predicted octanol–water partition coefficient (Wildman–Crippen LogP) is 3.90. The maximum atomic E-state index is 12.4. The van der Waals surface area contributed by atoms with E-state index < -0.39 is 10.8 Å². The summed E-state index contributed by atoms with van der Waals surface area (Å²) in [5.74, 6) is 1.16. The molecule has 3 aromatic rings. The van der Waals surface area contributed by atoms with Crippen molar-refractivity contribution in [1.29, 1.82) is 5.26 Å². The number of carbonyl (C=O) groups is 1. The normalized spacial score (nSPS) is 10.1. The average Bonchev–Trinajstić information content (AvgIpc) is 3.22. The Morgan fingerprint density at radius 2 is 1.90 bits per heavy atom. The fourth-order valence-electron chi connectivity index (χ4n) is 2.44. The lowest BCUT2D eigenvalue weighted by molar-refractivity contribution is -0.384. The van der Waals surface area contributed by atoms with Crippen molar-refractivity contribution < 1.29 is 23.6 Å². The molecule has 1 amide bonds. The molecule has 0 aliphatic heterocycles. The van der Waals surface area contributed by atoms with Crippen LogP contribution in [0.1, 0.15) is 21.9 Å². The Morgan fingerprint density at radius 1 is 1.17 bits per heavy atom. The molecule has 0 aliphatic carbocycles. The second-order valence-electron chi connectivity index (χ2n) is 5.78. The van der Waals surface area contributed by atoms with E-state index in [0.29, 0.717) is 17.3 Å². The summed E-state index contributed by atoms with van der Waals surface area (Å²) in [5.41, 5.74) is -0.117. The molecule has 29 heavy (non-hydrogen) atoms. The van der Waals surface area contributed by atoms with Crippen LogP contribution < -0.4 is 14.8 Å². The largest absolute Gasteiger partial charge is 0.497 e. The lowest BCUT2D eigenvalue weighted by atomic mass is 10.1. The van der Waals surface area contributed by atoms with Crippen molar-refractivity contribution in [3.63, 3.8) is 0 Å². The third-order valence-corrected chi connectivity index (χ3v) is 3.91. The second-order valence-corrected chi connectivity index (χ2v) is 5.78. The Bertz CT molecular complexity index is 1080. The van der Waals surface area contributed by atoms with E-state index in [1.165, 1.54) is 18.2 Å². The number of non-ortho nitro benzene ring substituents is 1. The molecule has 0 bridgehead atoms. The zero-order valence-corrected chi connectivity index (χ0v) is 15.2. The van der Waals surface area contributed by atoms with Gasteiger partial charge >= 0.3 is 0 Å². The molecule has 0 spiro atoms. The number of hydrogen-bond acceptors (Lipinski definition) is 7. The molecule has 9 heteroatoms. The van der Waals surface area contributed by atoms with E-state index in [-0.39, 0.29) is 29.3 Å². The van der Waals surface area contributed by atoms with Crippen LogP contribution in [0.4, 0.5) is 11.4 Å². The maximum Gasteiger partial charge on any atom is 0.291 e. The number of hydrogen-bond donors (Lipinski definition) is 1. The number of nitrogens with one attached hydrogen (secondary N) is 1. The lowest BCUT2D eigenvalue weighted by Gasteiger charge is -2.06. The highest BCUT2D eigenvalue weighted by Crippen LogP contribution is 2.23. The second kappa shape index (κ2) is 8.58. The molecule has 1 aromatic heterocycles. The van der Waals surface area contributed by atoms with Gasteiger partial charge in [0, 0.05) is 12.1 Å². The first kappa shape index (κ1) is 19.4. The molecule has 3 rings (SSSR count). The standard InChI is InChI=1S/C20H15N3O6/c1-27-15-3-5-16(6-4-15)28-12-17-7-9-19(29-17)20(24)22-18-8-2-14(23(25)26)10-13(18)11-21/h2-10H,12H2,1H3,(H,22,24). The molecule has 9 nitrogen and oxygen atoms in total. The van der Waals surface area contributed by atoms with Crippen molar-refractivity contribution in [2.45, 2.75) is 6.61 Å². The smallest absolute Gasteiger partial charge is 0.291 e. The Kier molecular flexibility index (Phi) is 5.75. The molecule has 0 aliphatic rings. The summed E-state index contributed by atoms with van der Waals surface area (Å²) in [5, 5.41) is 22.5. The van der Waals surface area contributed by atoms with Crippen molar-refractivity contribution in [2.75, 3.05) is 12.4 Å². The molecule has 0 radical (unpaired) electrons. The van der Waals surface area contributed by atoms with Gasteiger partial charge < -0.3 is 19.2 Å². The van der Waals surface area contributed by atoms with Crippen LogP contribution in [0.15, 0.2) is 59.0 Å². The SMILES string of the molecule is COc1ccc(OCc2ccc(C(=O)Nc3ccc([N+](=O)[O-])cc3C#N)o2)cc1. The third kappa shape index (κ3) is 4.70. The number of nitro benzene ring substituents is 1. The monoisotopic (exact) mass is 393 g/mol. The molecular formula is C20H15N3O6. The number of nitrogens with zero attached hydrogens (tertiary/aromatic N) is 2. The van der Waals surface area contributed by atoms with Gasteiger partial charge in [-0.15, -0.1) is 0 Å². The highest BCUT2D eigenvalue weighted by Gasteiger charge is 2.16. The summed E-state index contributed by atoms with van der Waals surface area (Å²) in [7, 11) is 1.57. The molecule has 146 valence electrons. The topological polar surface area (TPSA) is 128 Å². The minimum atomic E-state index is -0.617. The first-order chi connectivity index (χ1) is 14.0. The summed E-state index contributed by atoms with van der Waals surface area (Å²) in [6, 6.07) is 15.5. The summed E-state index contributed by atoms with van der Waals surface area (Å²) < 4.78 is 16.1. The number of benzene rings is 2. The van der Waals surface area contributed by atoms with E-state index in [4.69, 9.17) is 19.2 Å². The number of carbonyl (C=O) groups excluding carboxylic acids is 1. The summed E-state index contributed by atoms with van der Waals surface area (Å²) >= 11 is 0. The molecule has 2 aromatic carbocycles. The molecule has 0 unspecified atom stereocenters. The van der Waals surface area contributed by atoms with Crippen LogP contribution in [-0.4, -0.2) is 17.9 Å². The summed E-state index contributed by atoms with van der Waals surface area (Å²) in [4.78, 5) is 22.5. The van der Waals surface area contributed by atoms with Gasteiger partial charge in [0.05, 0.1) is 23.3 Å². The number of methoxy groups -OCH3 is 1. The first-order valence-electron chi connectivity index (χ1n) is 8.35. The first-order valence-corrected chi connectivity index (χ1v) is 8.35. The molecule has 0 atom stereocenters. The molecular weight excluding hydrogens is 378 g/mol. The Balaban J connectivity index is 1.64. The fraction of sp³-hybridized carbons (Fsp3) is 0.100. The van der Waals surface area contributed by atoms with Gasteiger partial charge in [0.1, 0.15) is 29.9 Å². The van der Waals surface area contributed by atoms with Crippen LogP contribution in [-0.2, 0) is 6.61 Å². The number of rotatable bonds is 7. The predicted molar refractivity (Wildman–Crippen MR) is 102 cm³/mol. The van der Waals surface area contributed by atoms with E-state index in [2.05, 4.69) is 5.32 Å². The van der Waals surface area contributed by atoms with Gasteiger partial charge in [-0.05, 0) is 42.5 Å². The van der Waals surface area contributed by atoms with E-state index in [9.17, 15) is 14.9 Å². The van der Waals surface area contributed by atoms with Crippen LogP contribution >= 0.6 is 0 Å². The van der Waals surface area contributed by atoms with Gasteiger partial charge in [-0.1, -0.05) is 0 Å². The molecule has 1 N–H and O–H groups in total. The number of anilines is 1. The summed E-state index contributed by atoms with van der Waals surface area (Å²) in [6.45, 7) is 0.112. The molecule has 1 heterocycles. The van der Waals surface area contributed by atoms with Gasteiger partial charge in [0.2, 0.25) is 0 Å². The zero-order chi connectivity index (χ0) is 20.8. The van der Waals surface area contributed by atoms with Crippen molar-refractivity contribution >= 4 is 17.3 Å². The third-order valence-electron chi connectivity index (χ3n) is 3.91. The Labute approximate surface area is 165 Å². The number of furan rings is 1. The van der Waals surface area contributed by atoms with Crippen molar-refractivity contribution in [3.05, 3.63) is 81.8 Å². The number of amides is 1. The minimum Gasteiger partial charge on any atom is -0.497 e. The summed E-state index contributed by atoms with van der Waals surface area (Å²) in [6.07, 6.45) is 0. The quantitative estimate of drug-likeness (QED) is 0.476. The Hall–Kier alpha value is -4.32. The van der Waals surface area contributed by atoms with E-state index >= 15 is 0 Å². The average molecular weight is 393 g/mol. The highest BCUT2D eigenvalue weighted by molar-refractivity contribution is 6.03. The van der Waals surface area contributed by atoms with Crippen LogP contribution in [0.3, 0.4) is 0 Å². The number of nitro groups is 1. The van der Waals surface area contributed by atoms with Crippen molar-refractivity contribution in [3.8, 4) is 17.6 Å². The zero-order valence-electron chi connectivity index (χ0n) is 15.2. The van der Waals surface area contributed by atoms with Crippen LogP contribution in [0.25, 0.3) is 0 Å². The molecule has 0 fully saturated rings. The lowest BCUT2D eigenvalue weighted by Crippen LogP contribution is -2.12. The van der Waals surface area contributed by atoms with E-state index in [0.717, 1.165) is 6.07 Å². The van der Waals surface area contributed by atoms with Crippen molar-refractivity contribution in [1.82, 2.24) is 0 Å². The number of nitriles is 1. The van der Waals surface area contributed by atoms with E-state index in [1.54, 1.807) is 37.4 Å². The van der Waals surface area contributed by atoms with Gasteiger partial charge in [-0.25, -0.2) is 0 Å². The van der Waals surface area contributed by atoms with Crippen LogP contribution in [0.5, 0.6) is 11.5 Å². The van der Waals surface area contributed by atoms with Crippen molar-refractivity contribution in [2.24, 2.45) is 0 Å². The number of ether oxygens (including phenoxy) is 2. The fourth-order valence-corrected chi connectivity index (χ4v) is 2.44. The van der Waals surface area contributed by atoms with Gasteiger partial charge in [0.25, 0.3) is 11.6 Å². The Morgan fingerprint density at radius 3 is 2.55 bits per heavy atom. The minimum absolute atomic E-state index is 0.0144. The van der Waals surface area contributed by atoms with E-state index in [1.807, 2.05) is 6.07 Å². The highest BCUT2D eigenvalue weighted by atomic mass is 16.6. The molecule has 0 saturated carbocycles.